The molecule has 0 heterocycles. The third-order valence-electron chi connectivity index (χ3n) is 4.23. The molecule has 3 rings (SSSR count). The second-order valence-corrected chi connectivity index (χ2v) is 6.23. The fraction of sp³-hybridized carbons (Fsp3) is 0.0833. The lowest BCUT2D eigenvalue weighted by molar-refractivity contribution is 0.0998. The summed E-state index contributed by atoms with van der Waals surface area (Å²) in [6.07, 6.45) is 1.77. The van der Waals surface area contributed by atoms with E-state index in [9.17, 15) is 9.59 Å². The Morgan fingerprint density at radius 3 is 1.81 bits per heavy atom. The van der Waals surface area contributed by atoms with E-state index in [0.717, 1.165) is 16.7 Å². The Balaban J connectivity index is 1.92. The van der Waals surface area contributed by atoms with Gasteiger partial charge in [-0.25, -0.2) is 0 Å². The van der Waals surface area contributed by atoms with Gasteiger partial charge in [0.25, 0.3) is 0 Å². The molecule has 0 spiro atoms. The Labute approximate surface area is 153 Å². The monoisotopic (exact) mass is 340 g/mol. The van der Waals surface area contributed by atoms with Gasteiger partial charge in [-0.15, -0.1) is 0 Å². The van der Waals surface area contributed by atoms with Crippen LogP contribution in [0.25, 0.3) is 5.57 Å². The van der Waals surface area contributed by atoms with E-state index in [-0.39, 0.29) is 18.0 Å². The predicted octanol–water partition coefficient (Wildman–Crippen LogP) is 5.53. The van der Waals surface area contributed by atoms with Crippen molar-refractivity contribution in [3.05, 3.63) is 113 Å². The molecule has 3 aromatic carbocycles. The summed E-state index contributed by atoms with van der Waals surface area (Å²) in [6, 6.07) is 26.2. The molecular formula is C24H20O2. The maximum Gasteiger partial charge on any atom is 0.186 e. The van der Waals surface area contributed by atoms with Gasteiger partial charge in [0.15, 0.2) is 11.6 Å². The van der Waals surface area contributed by atoms with Crippen molar-refractivity contribution in [2.45, 2.75) is 13.3 Å². The van der Waals surface area contributed by atoms with Gasteiger partial charge in [-0.05, 0) is 24.1 Å². The number of benzene rings is 3. The van der Waals surface area contributed by atoms with E-state index in [1.54, 1.807) is 18.2 Å². The van der Waals surface area contributed by atoms with Gasteiger partial charge in [-0.3, -0.25) is 9.59 Å². The van der Waals surface area contributed by atoms with Gasteiger partial charge in [-0.2, -0.15) is 0 Å². The molecule has 0 aliphatic rings. The molecule has 0 aromatic heterocycles. The van der Waals surface area contributed by atoms with Crippen LogP contribution in [0.15, 0.2) is 91.0 Å². The minimum absolute atomic E-state index is 0.00240. The minimum Gasteiger partial charge on any atom is -0.294 e. The first-order valence-electron chi connectivity index (χ1n) is 8.59. The maximum atomic E-state index is 12.7. The maximum absolute atomic E-state index is 12.7. The third-order valence-corrected chi connectivity index (χ3v) is 4.23. The second kappa shape index (κ2) is 8.21. The number of aryl methyl sites for hydroxylation is 1. The molecule has 3 aromatic rings. The lowest BCUT2D eigenvalue weighted by Crippen LogP contribution is -2.03. The first-order valence-corrected chi connectivity index (χ1v) is 8.59. The quantitative estimate of drug-likeness (QED) is 0.436. The van der Waals surface area contributed by atoms with Crippen molar-refractivity contribution in [2.24, 2.45) is 0 Å². The number of hydrogen-bond donors (Lipinski definition) is 0. The van der Waals surface area contributed by atoms with Crippen LogP contribution in [-0.4, -0.2) is 11.6 Å². The first-order chi connectivity index (χ1) is 12.6. The highest BCUT2D eigenvalue weighted by Crippen LogP contribution is 2.22. The van der Waals surface area contributed by atoms with Crippen LogP contribution >= 0.6 is 0 Å². The molecule has 0 bridgehead atoms. The molecule has 2 heteroatoms. The number of rotatable bonds is 6. The van der Waals surface area contributed by atoms with Crippen LogP contribution in [0.2, 0.25) is 0 Å². The summed E-state index contributed by atoms with van der Waals surface area (Å²) in [6.45, 7) is 1.98. The SMILES string of the molecule is Cc1ccc(C(=O)/C=C(/CC(=O)c2ccccc2)c2ccccc2)cc1. The first kappa shape index (κ1) is 17.6. The molecular weight excluding hydrogens is 320 g/mol. The fourth-order valence-electron chi connectivity index (χ4n) is 2.75. The van der Waals surface area contributed by atoms with Crippen LogP contribution in [0, 0.1) is 6.92 Å². The topological polar surface area (TPSA) is 34.1 Å². The number of Topliss-reactive ketones (excluding diaryl/α,β-unsaturated/α-hetero) is 1. The van der Waals surface area contributed by atoms with E-state index in [1.165, 1.54) is 0 Å². The summed E-state index contributed by atoms with van der Waals surface area (Å²) in [4.78, 5) is 25.3. The summed E-state index contributed by atoms with van der Waals surface area (Å²) in [5, 5.41) is 0. The van der Waals surface area contributed by atoms with Gasteiger partial charge >= 0.3 is 0 Å². The molecule has 0 fully saturated rings. The van der Waals surface area contributed by atoms with E-state index < -0.39 is 0 Å². The van der Waals surface area contributed by atoms with Crippen molar-refractivity contribution in [2.75, 3.05) is 0 Å². The molecule has 0 radical (unpaired) electrons. The standard InChI is InChI=1S/C24H20O2/c1-18-12-14-21(15-13-18)24(26)17-22(19-8-4-2-5-9-19)16-23(25)20-10-6-3-7-11-20/h2-15,17H,16H2,1H3/b22-17-. The molecule has 0 saturated heterocycles. The highest BCUT2D eigenvalue weighted by molar-refractivity contribution is 6.11. The molecule has 2 nitrogen and oxygen atoms in total. The average Bonchev–Trinajstić information content (AvgIpc) is 2.69. The van der Waals surface area contributed by atoms with Crippen LogP contribution in [0.3, 0.4) is 0 Å². The van der Waals surface area contributed by atoms with E-state index >= 15 is 0 Å². The highest BCUT2D eigenvalue weighted by Gasteiger charge is 2.13. The molecule has 0 saturated carbocycles. The Kier molecular flexibility index (Phi) is 5.55. The fourth-order valence-corrected chi connectivity index (χ4v) is 2.75. The summed E-state index contributed by atoms with van der Waals surface area (Å²) in [7, 11) is 0. The van der Waals surface area contributed by atoms with Gasteiger partial charge < -0.3 is 0 Å². The summed E-state index contributed by atoms with van der Waals surface area (Å²) in [5.41, 5.74) is 3.99. The highest BCUT2D eigenvalue weighted by atomic mass is 16.1. The summed E-state index contributed by atoms with van der Waals surface area (Å²) >= 11 is 0. The Bertz CT molecular complexity index is 921. The smallest absolute Gasteiger partial charge is 0.186 e. The lowest BCUT2D eigenvalue weighted by Gasteiger charge is -2.08. The second-order valence-electron chi connectivity index (χ2n) is 6.23. The van der Waals surface area contributed by atoms with Gasteiger partial charge in [0.05, 0.1) is 0 Å². The zero-order valence-electron chi connectivity index (χ0n) is 14.7. The van der Waals surface area contributed by atoms with Crippen molar-refractivity contribution in [3.8, 4) is 0 Å². The van der Waals surface area contributed by atoms with Crippen LogP contribution in [0.5, 0.6) is 0 Å². The van der Waals surface area contributed by atoms with Crippen LogP contribution < -0.4 is 0 Å². The summed E-state index contributed by atoms with van der Waals surface area (Å²) in [5.74, 6) is -0.0953. The number of carbonyl (C=O) groups is 2. The molecule has 0 unspecified atom stereocenters. The molecule has 0 aliphatic carbocycles. The van der Waals surface area contributed by atoms with Crippen molar-refractivity contribution < 1.29 is 9.59 Å². The Morgan fingerprint density at radius 2 is 1.23 bits per heavy atom. The predicted molar refractivity (Wildman–Crippen MR) is 105 cm³/mol. The number of allylic oxidation sites excluding steroid dienone is 2. The zero-order valence-corrected chi connectivity index (χ0v) is 14.7. The van der Waals surface area contributed by atoms with Crippen molar-refractivity contribution in [1.82, 2.24) is 0 Å². The minimum atomic E-state index is -0.0929. The van der Waals surface area contributed by atoms with Crippen LogP contribution in [0.1, 0.15) is 38.3 Å². The summed E-state index contributed by atoms with van der Waals surface area (Å²) < 4.78 is 0. The van der Waals surface area contributed by atoms with Crippen LogP contribution in [0.4, 0.5) is 0 Å². The van der Waals surface area contributed by atoms with E-state index in [0.29, 0.717) is 11.1 Å². The number of carbonyl (C=O) groups excluding carboxylic acids is 2. The van der Waals surface area contributed by atoms with Gasteiger partial charge in [0.2, 0.25) is 0 Å². The Hall–Kier alpha value is -3.26. The van der Waals surface area contributed by atoms with Crippen molar-refractivity contribution in [3.63, 3.8) is 0 Å². The largest absolute Gasteiger partial charge is 0.294 e. The molecule has 0 amide bonds. The zero-order chi connectivity index (χ0) is 18.4. The van der Waals surface area contributed by atoms with Gasteiger partial charge in [-0.1, -0.05) is 90.5 Å². The van der Waals surface area contributed by atoms with E-state index in [1.807, 2.05) is 79.7 Å². The molecule has 0 aliphatic heterocycles. The van der Waals surface area contributed by atoms with Gasteiger partial charge in [0, 0.05) is 17.5 Å². The van der Waals surface area contributed by atoms with Crippen molar-refractivity contribution >= 4 is 17.1 Å². The number of ketones is 2. The normalized spacial score (nSPS) is 11.2. The van der Waals surface area contributed by atoms with Gasteiger partial charge in [0.1, 0.15) is 0 Å². The third kappa shape index (κ3) is 4.42. The van der Waals surface area contributed by atoms with Crippen LogP contribution in [-0.2, 0) is 0 Å². The molecule has 0 atom stereocenters. The molecule has 128 valence electrons. The number of hydrogen-bond acceptors (Lipinski definition) is 2. The van der Waals surface area contributed by atoms with E-state index in [2.05, 4.69) is 0 Å². The Morgan fingerprint density at radius 1 is 0.692 bits per heavy atom. The van der Waals surface area contributed by atoms with Crippen molar-refractivity contribution in [1.29, 1.82) is 0 Å². The average molecular weight is 340 g/mol. The van der Waals surface area contributed by atoms with E-state index in [4.69, 9.17) is 0 Å². The molecule has 26 heavy (non-hydrogen) atoms. The molecule has 0 N–H and O–H groups in total. The lowest BCUT2D eigenvalue weighted by atomic mass is 9.95.